The van der Waals surface area contributed by atoms with E-state index in [0.29, 0.717) is 42.1 Å². The van der Waals surface area contributed by atoms with Gasteiger partial charge < -0.3 is 20.5 Å². The molecule has 0 aromatic heterocycles. The van der Waals surface area contributed by atoms with E-state index in [4.69, 9.17) is 38.4 Å². The largest absolute Gasteiger partial charge is 0.490 e. The van der Waals surface area contributed by atoms with Crippen LogP contribution in [0.5, 0.6) is 11.5 Å². The summed E-state index contributed by atoms with van der Waals surface area (Å²) in [7, 11) is 0. The van der Waals surface area contributed by atoms with E-state index in [1.807, 2.05) is 31.2 Å². The van der Waals surface area contributed by atoms with E-state index in [1.54, 1.807) is 6.92 Å². The predicted molar refractivity (Wildman–Crippen MR) is 185 cm³/mol. The molecule has 1 unspecified atom stereocenters. The van der Waals surface area contributed by atoms with Crippen molar-refractivity contribution in [2.75, 3.05) is 26.3 Å². The van der Waals surface area contributed by atoms with Crippen LogP contribution >= 0.6 is 35.6 Å². The van der Waals surface area contributed by atoms with Crippen LogP contribution in [0, 0.1) is 13.8 Å². The van der Waals surface area contributed by atoms with Gasteiger partial charge in [-0.1, -0.05) is 77.8 Å². The number of carbonyl (C=O) groups is 1. The number of benzene rings is 4. The van der Waals surface area contributed by atoms with E-state index in [9.17, 15) is 4.79 Å². The number of carbonyl (C=O) groups excluding carboxylic acids is 1. The topological polar surface area (TPSA) is 73.6 Å². The van der Waals surface area contributed by atoms with E-state index >= 15 is 0 Å². The molecule has 3 N–H and O–H groups in total. The summed E-state index contributed by atoms with van der Waals surface area (Å²) in [6.07, 6.45) is 2.65. The predicted octanol–water partition coefficient (Wildman–Crippen LogP) is 8.51. The van der Waals surface area contributed by atoms with Gasteiger partial charge in [0.15, 0.2) is 5.75 Å². The molecule has 8 heteroatoms. The average Bonchev–Trinajstić information content (AvgIpc) is 2.98. The quantitative estimate of drug-likeness (QED) is 0.134. The Morgan fingerprint density at radius 3 is 2.25 bits per heavy atom. The van der Waals surface area contributed by atoms with Crippen LogP contribution in [0.4, 0.5) is 0 Å². The fourth-order valence-electron chi connectivity index (χ4n) is 5.32. The van der Waals surface area contributed by atoms with E-state index in [-0.39, 0.29) is 24.2 Å². The molecule has 0 heterocycles. The average molecular weight is 656 g/mol. The van der Waals surface area contributed by atoms with Crippen molar-refractivity contribution in [1.82, 2.24) is 5.32 Å². The van der Waals surface area contributed by atoms with Gasteiger partial charge in [-0.25, -0.2) is 0 Å². The molecule has 0 spiro atoms. The third-order valence-electron chi connectivity index (χ3n) is 7.47. The van der Waals surface area contributed by atoms with E-state index in [2.05, 4.69) is 66.8 Å². The maximum absolute atomic E-state index is 11.2. The van der Waals surface area contributed by atoms with Crippen LogP contribution in [0.15, 0.2) is 78.9 Å². The van der Waals surface area contributed by atoms with E-state index in [1.165, 1.54) is 33.4 Å². The standard InChI is InChI=1S/C36H40Cl2N2O3.ClH/c1-24-19-34(37)36(35(38)20-24)43-18-17-42-31-13-10-27(11-14-31)22-30(23-39)32-15-12-29(21-25(32)2)33-9-5-4-7-28(33)8-6-16-40-26(3)41;/h4-5,7,9-15,19-21,30H,6,8,16-18,22-23,39H2,1-3H3,(H,40,41);1H. The van der Waals surface area contributed by atoms with Crippen LogP contribution in [-0.2, 0) is 17.6 Å². The molecule has 4 aromatic rings. The van der Waals surface area contributed by atoms with Crippen LogP contribution < -0.4 is 20.5 Å². The van der Waals surface area contributed by atoms with Crippen LogP contribution in [0.25, 0.3) is 11.1 Å². The Morgan fingerprint density at radius 2 is 1.59 bits per heavy atom. The van der Waals surface area contributed by atoms with Gasteiger partial charge in [-0.05, 0) is 103 Å². The maximum Gasteiger partial charge on any atom is 0.216 e. The Hall–Kier alpha value is -3.22. The molecule has 0 aliphatic heterocycles. The summed E-state index contributed by atoms with van der Waals surface area (Å²) in [5.41, 5.74) is 14.7. The van der Waals surface area contributed by atoms with Gasteiger partial charge in [-0.15, -0.1) is 12.4 Å². The molecule has 1 amide bonds. The molecule has 0 fully saturated rings. The lowest BCUT2D eigenvalue weighted by molar-refractivity contribution is -0.118. The van der Waals surface area contributed by atoms with Gasteiger partial charge in [0.05, 0.1) is 10.0 Å². The maximum atomic E-state index is 11.2. The molecule has 0 aliphatic rings. The first kappa shape index (κ1) is 35.3. The zero-order valence-electron chi connectivity index (χ0n) is 25.5. The van der Waals surface area contributed by atoms with Gasteiger partial charge in [-0.2, -0.15) is 0 Å². The van der Waals surface area contributed by atoms with Crippen molar-refractivity contribution < 1.29 is 14.3 Å². The SMILES string of the molecule is CC(=O)NCCCc1ccccc1-c1ccc(C(CN)Cc2ccc(OCCOc3c(Cl)cc(C)cc3Cl)cc2)c(C)c1.Cl. The number of nitrogens with two attached hydrogens (primary N) is 1. The molecule has 0 bridgehead atoms. The summed E-state index contributed by atoms with van der Waals surface area (Å²) in [5, 5.41) is 3.87. The van der Waals surface area contributed by atoms with Crippen molar-refractivity contribution in [3.63, 3.8) is 0 Å². The Balaban J connectivity index is 0.00000529. The fourth-order valence-corrected chi connectivity index (χ4v) is 6.02. The lowest BCUT2D eigenvalue weighted by Gasteiger charge is -2.20. The molecule has 5 nitrogen and oxygen atoms in total. The summed E-state index contributed by atoms with van der Waals surface area (Å²) in [5.74, 6) is 1.46. The Bertz CT molecular complexity index is 1500. The molecule has 4 rings (SSSR count). The van der Waals surface area contributed by atoms with Crippen molar-refractivity contribution in [2.24, 2.45) is 5.73 Å². The van der Waals surface area contributed by atoms with E-state index < -0.39 is 0 Å². The summed E-state index contributed by atoms with van der Waals surface area (Å²) >= 11 is 12.5. The van der Waals surface area contributed by atoms with Crippen LogP contribution in [0.3, 0.4) is 0 Å². The van der Waals surface area contributed by atoms with Crippen molar-refractivity contribution in [3.8, 4) is 22.6 Å². The van der Waals surface area contributed by atoms with Gasteiger partial charge in [0.1, 0.15) is 19.0 Å². The summed E-state index contributed by atoms with van der Waals surface area (Å²) < 4.78 is 11.6. The molecule has 4 aromatic carbocycles. The minimum absolute atomic E-state index is 0. The molecule has 44 heavy (non-hydrogen) atoms. The Morgan fingerprint density at radius 1 is 0.909 bits per heavy atom. The smallest absolute Gasteiger partial charge is 0.216 e. The minimum atomic E-state index is 0. The van der Waals surface area contributed by atoms with E-state index in [0.717, 1.165) is 30.6 Å². The number of hydrogen-bond donors (Lipinski definition) is 2. The van der Waals surface area contributed by atoms with Crippen LogP contribution in [0.2, 0.25) is 10.0 Å². The highest BCUT2D eigenvalue weighted by Gasteiger charge is 2.15. The molecule has 234 valence electrons. The molecule has 0 saturated heterocycles. The number of hydrogen-bond acceptors (Lipinski definition) is 4. The second-order valence-corrected chi connectivity index (χ2v) is 11.7. The lowest BCUT2D eigenvalue weighted by Crippen LogP contribution is -2.21. The zero-order chi connectivity index (χ0) is 30.8. The van der Waals surface area contributed by atoms with Gasteiger partial charge in [0.25, 0.3) is 0 Å². The molecule has 0 radical (unpaired) electrons. The van der Waals surface area contributed by atoms with Crippen molar-refractivity contribution in [3.05, 3.63) is 117 Å². The summed E-state index contributed by atoms with van der Waals surface area (Å²) in [6.45, 7) is 7.58. The molecule has 0 aliphatic carbocycles. The van der Waals surface area contributed by atoms with Crippen LogP contribution in [0.1, 0.15) is 47.1 Å². The number of halogens is 3. The Kier molecular flexibility index (Phi) is 13.9. The highest BCUT2D eigenvalue weighted by Crippen LogP contribution is 2.34. The third kappa shape index (κ3) is 9.90. The summed E-state index contributed by atoms with van der Waals surface area (Å²) in [4.78, 5) is 11.2. The highest BCUT2D eigenvalue weighted by molar-refractivity contribution is 6.37. The fraction of sp³-hybridized carbons (Fsp3) is 0.306. The second kappa shape index (κ2) is 17.3. The Labute approximate surface area is 277 Å². The first-order valence-electron chi connectivity index (χ1n) is 14.7. The molecular formula is C36H41Cl3N2O3. The zero-order valence-corrected chi connectivity index (χ0v) is 27.8. The number of rotatable bonds is 14. The number of aryl methyl sites for hydroxylation is 3. The minimum Gasteiger partial charge on any atom is -0.490 e. The number of amides is 1. The normalized spacial score (nSPS) is 11.4. The van der Waals surface area contributed by atoms with Crippen LogP contribution in [-0.4, -0.2) is 32.2 Å². The van der Waals surface area contributed by atoms with Crippen molar-refractivity contribution in [1.29, 1.82) is 0 Å². The number of ether oxygens (including phenoxy) is 2. The first-order chi connectivity index (χ1) is 20.7. The lowest BCUT2D eigenvalue weighted by atomic mass is 9.87. The second-order valence-electron chi connectivity index (χ2n) is 10.9. The molecule has 1 atom stereocenters. The third-order valence-corrected chi connectivity index (χ3v) is 8.03. The molecule has 0 saturated carbocycles. The van der Waals surface area contributed by atoms with Crippen molar-refractivity contribution >= 4 is 41.5 Å². The van der Waals surface area contributed by atoms with Gasteiger partial charge in [-0.3, -0.25) is 4.79 Å². The number of nitrogens with one attached hydrogen (secondary N) is 1. The molecular weight excluding hydrogens is 615 g/mol. The monoisotopic (exact) mass is 654 g/mol. The first-order valence-corrected chi connectivity index (χ1v) is 15.4. The van der Waals surface area contributed by atoms with Gasteiger partial charge in [0.2, 0.25) is 5.91 Å². The van der Waals surface area contributed by atoms with Gasteiger partial charge >= 0.3 is 0 Å². The summed E-state index contributed by atoms with van der Waals surface area (Å²) in [6, 6.07) is 27.0. The van der Waals surface area contributed by atoms with Gasteiger partial charge in [0, 0.05) is 19.4 Å². The van der Waals surface area contributed by atoms with Crippen molar-refractivity contribution in [2.45, 2.75) is 46.0 Å². The highest BCUT2D eigenvalue weighted by atomic mass is 35.5.